The molecule has 1 heterocycles. The van der Waals surface area contributed by atoms with E-state index in [4.69, 9.17) is 4.74 Å². The smallest absolute Gasteiger partial charge is 0.310 e. The fourth-order valence-electron chi connectivity index (χ4n) is 2.71. The van der Waals surface area contributed by atoms with Crippen LogP contribution in [0.2, 0.25) is 0 Å². The number of esters is 1. The standard InChI is InChI=1S/C15H20N2O6S/c1-3-23-15(18)12-5-4-8-16(10-12)24(21,22)13-7-6-11(2)14(9-13)17(19)20/h6-7,9,12H,3-5,8,10H2,1-2H3/t12-/m1/s1. The maximum absolute atomic E-state index is 12.8. The van der Waals surface area contributed by atoms with Gasteiger partial charge in [-0.25, -0.2) is 8.42 Å². The Morgan fingerprint density at radius 1 is 1.46 bits per heavy atom. The predicted octanol–water partition coefficient (Wildman–Crippen LogP) is 1.87. The molecular weight excluding hydrogens is 336 g/mol. The van der Waals surface area contributed by atoms with Crippen LogP contribution < -0.4 is 0 Å². The van der Waals surface area contributed by atoms with Gasteiger partial charge in [-0.2, -0.15) is 4.31 Å². The Labute approximate surface area is 140 Å². The summed E-state index contributed by atoms with van der Waals surface area (Å²) in [5.41, 5.74) is 0.150. The van der Waals surface area contributed by atoms with Crippen LogP contribution in [0.3, 0.4) is 0 Å². The molecule has 1 aromatic carbocycles. The summed E-state index contributed by atoms with van der Waals surface area (Å²) < 4.78 is 31.7. The lowest BCUT2D eigenvalue weighted by Crippen LogP contribution is -2.42. The molecule has 8 nitrogen and oxygen atoms in total. The molecule has 132 valence electrons. The minimum Gasteiger partial charge on any atom is -0.466 e. The van der Waals surface area contributed by atoms with Crippen molar-refractivity contribution in [3.05, 3.63) is 33.9 Å². The van der Waals surface area contributed by atoms with Crippen molar-refractivity contribution >= 4 is 21.7 Å². The van der Waals surface area contributed by atoms with Crippen LogP contribution in [0.15, 0.2) is 23.1 Å². The van der Waals surface area contributed by atoms with Gasteiger partial charge in [0.15, 0.2) is 0 Å². The van der Waals surface area contributed by atoms with Gasteiger partial charge in [0.05, 0.1) is 22.3 Å². The topological polar surface area (TPSA) is 107 Å². The minimum atomic E-state index is -3.90. The van der Waals surface area contributed by atoms with E-state index in [0.29, 0.717) is 18.4 Å². The number of nitrogens with zero attached hydrogens (tertiary/aromatic N) is 2. The summed E-state index contributed by atoms with van der Waals surface area (Å²) in [7, 11) is -3.90. The van der Waals surface area contributed by atoms with Crippen molar-refractivity contribution < 1.29 is 22.9 Å². The first kappa shape index (κ1) is 18.3. The second kappa shape index (κ2) is 7.27. The first-order valence-corrected chi connectivity index (χ1v) is 9.13. The third-order valence-electron chi connectivity index (χ3n) is 4.02. The number of carbonyl (C=O) groups excluding carboxylic acids is 1. The van der Waals surface area contributed by atoms with Crippen molar-refractivity contribution in [2.45, 2.75) is 31.6 Å². The number of hydrogen-bond donors (Lipinski definition) is 0. The number of nitro groups is 1. The van der Waals surface area contributed by atoms with Gasteiger partial charge in [0, 0.05) is 24.7 Å². The van der Waals surface area contributed by atoms with Crippen LogP contribution in [0, 0.1) is 23.0 Å². The molecule has 1 saturated heterocycles. The van der Waals surface area contributed by atoms with Crippen molar-refractivity contribution in [2.75, 3.05) is 19.7 Å². The molecule has 0 radical (unpaired) electrons. The van der Waals surface area contributed by atoms with Crippen LogP contribution in [-0.4, -0.2) is 43.3 Å². The lowest BCUT2D eigenvalue weighted by atomic mass is 10.0. The van der Waals surface area contributed by atoms with Crippen LogP contribution >= 0.6 is 0 Å². The van der Waals surface area contributed by atoms with Crippen molar-refractivity contribution in [1.82, 2.24) is 4.31 Å². The zero-order valence-corrected chi connectivity index (χ0v) is 14.4. The summed E-state index contributed by atoms with van der Waals surface area (Å²) in [5.74, 6) is -0.916. The lowest BCUT2D eigenvalue weighted by Gasteiger charge is -2.30. The number of carbonyl (C=O) groups is 1. The van der Waals surface area contributed by atoms with Gasteiger partial charge in [-0.1, -0.05) is 6.07 Å². The van der Waals surface area contributed by atoms with E-state index in [1.807, 2.05) is 0 Å². The van der Waals surface area contributed by atoms with Gasteiger partial charge in [-0.3, -0.25) is 14.9 Å². The number of aryl methyl sites for hydroxylation is 1. The summed E-state index contributed by atoms with van der Waals surface area (Å²) >= 11 is 0. The third kappa shape index (κ3) is 3.73. The number of nitro benzene ring substituents is 1. The molecule has 0 aromatic heterocycles. The molecule has 1 fully saturated rings. The Hall–Kier alpha value is -2.00. The highest BCUT2D eigenvalue weighted by atomic mass is 32.2. The van der Waals surface area contributed by atoms with Gasteiger partial charge in [0.2, 0.25) is 10.0 Å². The van der Waals surface area contributed by atoms with Gasteiger partial charge in [0.1, 0.15) is 0 Å². The molecule has 1 aliphatic heterocycles. The van der Waals surface area contributed by atoms with Gasteiger partial charge in [-0.15, -0.1) is 0 Å². The lowest BCUT2D eigenvalue weighted by molar-refractivity contribution is -0.385. The van der Waals surface area contributed by atoms with Gasteiger partial charge in [-0.05, 0) is 32.8 Å². The molecular formula is C15H20N2O6S. The average Bonchev–Trinajstić information content (AvgIpc) is 2.55. The summed E-state index contributed by atoms with van der Waals surface area (Å²) in [5, 5.41) is 11.0. The highest BCUT2D eigenvalue weighted by Gasteiger charge is 2.34. The average molecular weight is 356 g/mol. The largest absolute Gasteiger partial charge is 0.466 e. The van der Waals surface area contributed by atoms with Gasteiger partial charge < -0.3 is 4.74 Å². The molecule has 1 aromatic rings. The molecule has 0 saturated carbocycles. The number of hydrogen-bond acceptors (Lipinski definition) is 6. The second-order valence-corrected chi connectivity index (χ2v) is 7.60. The molecule has 1 aliphatic rings. The van der Waals surface area contributed by atoms with Crippen molar-refractivity contribution in [3.63, 3.8) is 0 Å². The summed E-state index contributed by atoms with van der Waals surface area (Å²) in [6, 6.07) is 3.84. The van der Waals surface area contributed by atoms with E-state index >= 15 is 0 Å². The molecule has 0 amide bonds. The number of ether oxygens (including phenoxy) is 1. The Morgan fingerprint density at radius 3 is 2.79 bits per heavy atom. The fraction of sp³-hybridized carbons (Fsp3) is 0.533. The van der Waals surface area contributed by atoms with Crippen LogP contribution in [0.25, 0.3) is 0 Å². The molecule has 0 bridgehead atoms. The number of piperidine rings is 1. The molecule has 0 spiro atoms. The summed E-state index contributed by atoms with van der Waals surface area (Å²) in [6.45, 7) is 3.79. The number of sulfonamides is 1. The first-order chi connectivity index (χ1) is 11.3. The molecule has 1 atom stereocenters. The maximum atomic E-state index is 12.8. The highest BCUT2D eigenvalue weighted by Crippen LogP contribution is 2.28. The summed E-state index contributed by atoms with van der Waals surface area (Å²) in [4.78, 5) is 22.1. The molecule has 0 N–H and O–H groups in total. The SMILES string of the molecule is CCOC(=O)[C@@H]1CCCN(S(=O)(=O)c2ccc(C)c([N+](=O)[O-])c2)C1. The van der Waals surface area contributed by atoms with E-state index in [-0.39, 0.29) is 30.3 Å². The molecule has 24 heavy (non-hydrogen) atoms. The zero-order valence-electron chi connectivity index (χ0n) is 13.6. The molecule has 0 aliphatic carbocycles. The van der Waals surface area contributed by atoms with E-state index in [0.717, 1.165) is 6.07 Å². The Morgan fingerprint density at radius 2 is 2.17 bits per heavy atom. The molecule has 9 heteroatoms. The maximum Gasteiger partial charge on any atom is 0.310 e. The highest BCUT2D eigenvalue weighted by molar-refractivity contribution is 7.89. The molecule has 0 unspecified atom stereocenters. The summed E-state index contributed by atoms with van der Waals surface area (Å²) in [6.07, 6.45) is 1.11. The van der Waals surface area contributed by atoms with E-state index in [1.54, 1.807) is 13.8 Å². The van der Waals surface area contributed by atoms with Crippen LogP contribution in [0.4, 0.5) is 5.69 Å². The third-order valence-corrected chi connectivity index (χ3v) is 5.88. The van der Waals surface area contributed by atoms with Gasteiger partial charge >= 0.3 is 5.97 Å². The van der Waals surface area contributed by atoms with Crippen LogP contribution in [-0.2, 0) is 19.6 Å². The van der Waals surface area contributed by atoms with Crippen molar-refractivity contribution in [3.8, 4) is 0 Å². The second-order valence-electron chi connectivity index (χ2n) is 5.66. The number of benzene rings is 1. The molecule has 2 rings (SSSR count). The van der Waals surface area contributed by atoms with Crippen molar-refractivity contribution in [1.29, 1.82) is 0 Å². The van der Waals surface area contributed by atoms with E-state index in [2.05, 4.69) is 0 Å². The minimum absolute atomic E-state index is 0.0306. The van der Waals surface area contributed by atoms with Crippen LogP contribution in [0.5, 0.6) is 0 Å². The Kier molecular flexibility index (Phi) is 5.55. The number of rotatable bonds is 5. The monoisotopic (exact) mass is 356 g/mol. The first-order valence-electron chi connectivity index (χ1n) is 7.69. The zero-order chi connectivity index (χ0) is 17.9. The quantitative estimate of drug-likeness (QED) is 0.453. The van der Waals surface area contributed by atoms with E-state index in [1.165, 1.54) is 16.4 Å². The fourth-order valence-corrected chi connectivity index (χ4v) is 4.25. The van der Waals surface area contributed by atoms with E-state index in [9.17, 15) is 23.3 Å². The Bertz CT molecular complexity index is 746. The predicted molar refractivity (Wildman–Crippen MR) is 85.9 cm³/mol. The van der Waals surface area contributed by atoms with E-state index < -0.39 is 26.8 Å². The Balaban J connectivity index is 2.28. The van der Waals surface area contributed by atoms with Crippen LogP contribution in [0.1, 0.15) is 25.3 Å². The van der Waals surface area contributed by atoms with Gasteiger partial charge in [0.25, 0.3) is 5.69 Å². The van der Waals surface area contributed by atoms with Crippen molar-refractivity contribution in [2.24, 2.45) is 5.92 Å². The normalized spacial score (nSPS) is 19.0.